The van der Waals surface area contributed by atoms with Crippen molar-refractivity contribution in [1.29, 1.82) is 0 Å². The lowest BCUT2D eigenvalue weighted by Crippen LogP contribution is -2.38. The van der Waals surface area contributed by atoms with Crippen molar-refractivity contribution in [3.05, 3.63) is 35.0 Å². The average molecular weight is 271 g/mol. The summed E-state index contributed by atoms with van der Waals surface area (Å²) in [5, 5.41) is 1.56. The number of furan rings is 1. The number of hydrogen-bond donors (Lipinski definition) is 2. The van der Waals surface area contributed by atoms with Gasteiger partial charge in [0.25, 0.3) is 0 Å². The van der Waals surface area contributed by atoms with Crippen molar-refractivity contribution in [3.8, 4) is 0 Å². The van der Waals surface area contributed by atoms with Gasteiger partial charge in [-0.15, -0.1) is 0 Å². The van der Waals surface area contributed by atoms with Gasteiger partial charge in [0.2, 0.25) is 0 Å². The molecule has 18 heavy (non-hydrogen) atoms. The molecule has 1 heterocycles. The van der Waals surface area contributed by atoms with Crippen LogP contribution < -0.4 is 11.3 Å². The highest BCUT2D eigenvalue weighted by Gasteiger charge is 2.25. The summed E-state index contributed by atoms with van der Waals surface area (Å²) < 4.78 is 16.1. The average Bonchev–Trinajstić information content (AvgIpc) is 2.78. The highest BCUT2D eigenvalue weighted by atomic mass is 35.5. The summed E-state index contributed by atoms with van der Waals surface area (Å²) >= 11 is 5.93. The zero-order valence-electron chi connectivity index (χ0n) is 10.1. The summed E-state index contributed by atoms with van der Waals surface area (Å²) in [5.41, 5.74) is 3.36. The Morgan fingerprint density at radius 3 is 2.61 bits per heavy atom. The predicted molar refractivity (Wildman–Crippen MR) is 69.1 cm³/mol. The molecule has 1 unspecified atom stereocenters. The Bertz CT molecular complexity index is 525. The molecule has 0 fully saturated rings. The Hall–Kier alpha value is -1.11. The van der Waals surface area contributed by atoms with E-state index in [0.29, 0.717) is 10.8 Å². The second-order valence-corrected chi connectivity index (χ2v) is 4.25. The summed E-state index contributed by atoms with van der Waals surface area (Å²) in [4.78, 5) is 0. The van der Waals surface area contributed by atoms with Crippen LogP contribution in [-0.2, 0) is 9.47 Å². The van der Waals surface area contributed by atoms with Crippen LogP contribution in [0, 0.1) is 0 Å². The molecular weight excluding hydrogens is 256 g/mol. The number of nitrogens with one attached hydrogen (secondary N) is 1. The van der Waals surface area contributed by atoms with E-state index in [0.717, 1.165) is 11.0 Å². The van der Waals surface area contributed by atoms with E-state index in [-0.39, 0.29) is 0 Å². The predicted octanol–water partition coefficient (Wildman–Crippen LogP) is 2.21. The third kappa shape index (κ3) is 2.50. The zero-order valence-corrected chi connectivity index (χ0v) is 10.9. The molecule has 0 amide bonds. The van der Waals surface area contributed by atoms with Gasteiger partial charge in [-0.25, -0.2) is 5.43 Å². The summed E-state index contributed by atoms with van der Waals surface area (Å²) in [6, 6.07) is 6.87. The topological polar surface area (TPSA) is 69.7 Å². The maximum absolute atomic E-state index is 5.93. The molecule has 5 nitrogen and oxygen atoms in total. The van der Waals surface area contributed by atoms with Gasteiger partial charge in [-0.3, -0.25) is 5.84 Å². The van der Waals surface area contributed by atoms with Crippen LogP contribution in [0.5, 0.6) is 0 Å². The second kappa shape index (κ2) is 5.69. The van der Waals surface area contributed by atoms with Crippen LogP contribution in [-0.4, -0.2) is 20.5 Å². The number of rotatable bonds is 5. The van der Waals surface area contributed by atoms with Gasteiger partial charge in [-0.2, -0.15) is 0 Å². The van der Waals surface area contributed by atoms with Crippen molar-refractivity contribution in [1.82, 2.24) is 5.43 Å². The lowest BCUT2D eigenvalue weighted by molar-refractivity contribution is -0.127. The van der Waals surface area contributed by atoms with E-state index in [2.05, 4.69) is 5.43 Å². The molecule has 3 N–H and O–H groups in total. The van der Waals surface area contributed by atoms with Crippen LogP contribution in [0.25, 0.3) is 11.0 Å². The molecule has 0 radical (unpaired) electrons. The van der Waals surface area contributed by atoms with Gasteiger partial charge in [0.1, 0.15) is 17.4 Å². The highest BCUT2D eigenvalue weighted by molar-refractivity contribution is 6.31. The Balaban J connectivity index is 2.39. The molecule has 98 valence electrons. The lowest BCUT2D eigenvalue weighted by atomic mass is 10.2. The van der Waals surface area contributed by atoms with Crippen molar-refractivity contribution >= 4 is 22.6 Å². The Kier molecular flexibility index (Phi) is 4.21. The third-order valence-electron chi connectivity index (χ3n) is 2.72. The lowest BCUT2D eigenvalue weighted by Gasteiger charge is -2.21. The molecule has 6 heteroatoms. The Labute approximate surface area is 110 Å². The first-order valence-corrected chi connectivity index (χ1v) is 5.78. The van der Waals surface area contributed by atoms with Crippen LogP contribution in [0.4, 0.5) is 0 Å². The van der Waals surface area contributed by atoms with Gasteiger partial charge < -0.3 is 13.9 Å². The molecule has 1 aromatic carbocycles. The number of benzene rings is 1. The standard InChI is InChI=1S/C12H15ClN2O3/c1-16-12(17-2)11(15-14)10-6-7-5-8(13)3-4-9(7)18-10/h3-6,11-12,15H,14H2,1-2H3. The van der Waals surface area contributed by atoms with E-state index in [1.165, 1.54) is 14.2 Å². The molecule has 1 aromatic heterocycles. The van der Waals surface area contributed by atoms with Crippen molar-refractivity contribution < 1.29 is 13.9 Å². The number of hydrazine groups is 1. The van der Waals surface area contributed by atoms with Crippen molar-refractivity contribution in [2.24, 2.45) is 5.84 Å². The van der Waals surface area contributed by atoms with Gasteiger partial charge in [0, 0.05) is 24.6 Å². The minimum absolute atomic E-state index is 0.397. The Morgan fingerprint density at radius 2 is 2.00 bits per heavy atom. The number of halogens is 1. The number of ether oxygens (including phenoxy) is 2. The van der Waals surface area contributed by atoms with Gasteiger partial charge >= 0.3 is 0 Å². The fraction of sp³-hybridized carbons (Fsp3) is 0.333. The Morgan fingerprint density at radius 1 is 1.28 bits per heavy atom. The highest BCUT2D eigenvalue weighted by Crippen LogP contribution is 2.28. The minimum atomic E-state index is -0.536. The van der Waals surface area contributed by atoms with Gasteiger partial charge in [0.05, 0.1) is 0 Å². The first-order valence-electron chi connectivity index (χ1n) is 5.40. The SMILES string of the molecule is COC(OC)C(NN)c1cc2cc(Cl)ccc2o1. The monoisotopic (exact) mass is 270 g/mol. The normalized spacial score (nSPS) is 13.4. The maximum Gasteiger partial charge on any atom is 0.180 e. The molecule has 0 aliphatic heterocycles. The number of methoxy groups -OCH3 is 2. The van der Waals surface area contributed by atoms with E-state index < -0.39 is 12.3 Å². The molecule has 0 aliphatic carbocycles. The largest absolute Gasteiger partial charge is 0.459 e. The molecule has 0 bridgehead atoms. The van der Waals surface area contributed by atoms with Crippen LogP contribution in [0.2, 0.25) is 5.02 Å². The van der Waals surface area contributed by atoms with Crippen LogP contribution in [0.1, 0.15) is 11.8 Å². The number of fused-ring (bicyclic) bond motifs is 1. The van der Waals surface area contributed by atoms with E-state index in [4.69, 9.17) is 31.3 Å². The van der Waals surface area contributed by atoms with E-state index >= 15 is 0 Å². The molecule has 2 aromatic rings. The summed E-state index contributed by atoms with van der Waals surface area (Å²) in [6.45, 7) is 0. The summed E-state index contributed by atoms with van der Waals surface area (Å²) in [7, 11) is 3.08. The molecule has 2 rings (SSSR count). The molecule has 1 atom stereocenters. The maximum atomic E-state index is 5.93. The van der Waals surface area contributed by atoms with E-state index in [1.54, 1.807) is 6.07 Å². The van der Waals surface area contributed by atoms with Gasteiger partial charge in [-0.05, 0) is 24.3 Å². The smallest absolute Gasteiger partial charge is 0.180 e. The van der Waals surface area contributed by atoms with Gasteiger partial charge in [-0.1, -0.05) is 11.6 Å². The molecule has 0 saturated carbocycles. The van der Waals surface area contributed by atoms with Crippen LogP contribution >= 0.6 is 11.6 Å². The van der Waals surface area contributed by atoms with Crippen LogP contribution in [0.15, 0.2) is 28.7 Å². The molecule has 0 spiro atoms. The van der Waals surface area contributed by atoms with Crippen molar-refractivity contribution in [2.75, 3.05) is 14.2 Å². The van der Waals surface area contributed by atoms with E-state index in [9.17, 15) is 0 Å². The summed E-state index contributed by atoms with van der Waals surface area (Å²) in [6.07, 6.45) is -0.536. The van der Waals surface area contributed by atoms with E-state index in [1.807, 2.05) is 18.2 Å². The van der Waals surface area contributed by atoms with Crippen LogP contribution in [0.3, 0.4) is 0 Å². The summed E-state index contributed by atoms with van der Waals surface area (Å²) in [5.74, 6) is 6.14. The quantitative estimate of drug-likeness (QED) is 0.495. The molecular formula is C12H15ClN2O3. The zero-order chi connectivity index (χ0) is 13.1. The molecule has 0 saturated heterocycles. The fourth-order valence-corrected chi connectivity index (χ4v) is 2.03. The van der Waals surface area contributed by atoms with Gasteiger partial charge in [0.15, 0.2) is 6.29 Å². The minimum Gasteiger partial charge on any atom is -0.459 e. The number of nitrogens with two attached hydrogens (primary N) is 1. The van der Waals surface area contributed by atoms with Crippen molar-refractivity contribution in [2.45, 2.75) is 12.3 Å². The van der Waals surface area contributed by atoms with Crippen molar-refractivity contribution in [3.63, 3.8) is 0 Å². The first-order chi connectivity index (χ1) is 8.69. The number of hydrogen-bond acceptors (Lipinski definition) is 5. The molecule has 0 aliphatic rings. The second-order valence-electron chi connectivity index (χ2n) is 3.82. The third-order valence-corrected chi connectivity index (χ3v) is 2.96. The fourth-order valence-electron chi connectivity index (χ4n) is 1.85. The first kappa shape index (κ1) is 13.3.